The van der Waals surface area contributed by atoms with Gasteiger partial charge in [0, 0.05) is 0 Å². The second-order valence-electron chi connectivity index (χ2n) is 7.21. The topological polar surface area (TPSA) is 66.4 Å². The van der Waals surface area contributed by atoms with Crippen LogP contribution in [-0.2, 0) is 21.0 Å². The molecule has 0 fully saturated rings. The average Bonchev–Trinajstić information content (AvgIpc) is 2.81. The smallest absolute Gasteiger partial charge is 0.485 e. The number of halogens is 3. The molecule has 0 bridgehead atoms. The maximum atomic E-state index is 10.7. The Balaban J connectivity index is 0.000000440. The third-order valence-corrected chi connectivity index (χ3v) is 7.36. The number of ether oxygens (including phenoxy) is 1. The summed E-state index contributed by atoms with van der Waals surface area (Å²) in [5, 5.41) is 0. The summed E-state index contributed by atoms with van der Waals surface area (Å²) in [6.45, 7) is 3.04. The van der Waals surface area contributed by atoms with E-state index >= 15 is 0 Å². The van der Waals surface area contributed by atoms with Gasteiger partial charge >= 0.3 is 5.51 Å². The normalized spacial score (nSPS) is 11.6. The molecule has 34 heavy (non-hydrogen) atoms. The fourth-order valence-corrected chi connectivity index (χ4v) is 5.00. The first-order valence-corrected chi connectivity index (χ1v) is 13.4. The van der Waals surface area contributed by atoms with E-state index in [2.05, 4.69) is 91.9 Å². The Hall–Kier alpha value is -2.49. The molecule has 0 radical (unpaired) electrons. The van der Waals surface area contributed by atoms with Crippen molar-refractivity contribution in [1.29, 1.82) is 0 Å². The van der Waals surface area contributed by atoms with E-state index in [0.717, 1.165) is 18.8 Å². The molecule has 0 saturated carbocycles. The van der Waals surface area contributed by atoms with Gasteiger partial charge in [0.25, 0.3) is 0 Å². The molecule has 184 valence electrons. The number of benzene rings is 3. The summed E-state index contributed by atoms with van der Waals surface area (Å²) >= 11 is 0. The first-order chi connectivity index (χ1) is 16.1. The van der Waals surface area contributed by atoms with E-state index in [-0.39, 0.29) is 10.9 Å². The Labute approximate surface area is 201 Å². The minimum atomic E-state index is -6.09. The van der Waals surface area contributed by atoms with Crippen LogP contribution in [-0.4, -0.2) is 25.1 Å². The lowest BCUT2D eigenvalue weighted by molar-refractivity contribution is -0.0517. The third kappa shape index (κ3) is 9.04. The van der Waals surface area contributed by atoms with E-state index < -0.39 is 15.6 Å². The number of hydrogen-bond donors (Lipinski definition) is 0. The van der Waals surface area contributed by atoms with Gasteiger partial charge in [-0.1, -0.05) is 62.6 Å². The molecule has 0 N–H and O–H groups in total. The molecule has 0 aliphatic heterocycles. The summed E-state index contributed by atoms with van der Waals surface area (Å²) in [5.41, 5.74) is -5.65. The highest BCUT2D eigenvalue weighted by molar-refractivity contribution is 7.97. The summed E-state index contributed by atoms with van der Waals surface area (Å²) in [6, 6.07) is 30.1. The Morgan fingerprint density at radius 3 is 1.62 bits per heavy atom. The number of alkyl halides is 3. The van der Waals surface area contributed by atoms with Crippen molar-refractivity contribution in [3.05, 3.63) is 84.9 Å². The van der Waals surface area contributed by atoms with Crippen LogP contribution in [0.5, 0.6) is 5.75 Å². The highest BCUT2D eigenvalue weighted by Crippen LogP contribution is 2.31. The summed E-state index contributed by atoms with van der Waals surface area (Å²) in [4.78, 5) is 4.00. The fourth-order valence-electron chi connectivity index (χ4n) is 2.91. The maximum Gasteiger partial charge on any atom is 0.485 e. The van der Waals surface area contributed by atoms with Gasteiger partial charge in [-0.25, -0.2) is 8.42 Å². The quantitative estimate of drug-likeness (QED) is 0.137. The minimum Gasteiger partial charge on any atom is -0.741 e. The highest BCUT2D eigenvalue weighted by Gasteiger charge is 2.37. The Bertz CT molecular complexity index is 1030. The lowest BCUT2D eigenvalue weighted by Crippen LogP contribution is -2.21. The lowest BCUT2D eigenvalue weighted by Gasteiger charge is -2.09. The van der Waals surface area contributed by atoms with Gasteiger partial charge in [-0.3, -0.25) is 0 Å². The Kier molecular flexibility index (Phi) is 10.9. The zero-order valence-corrected chi connectivity index (χ0v) is 20.3. The molecule has 0 aliphatic rings. The molecule has 3 rings (SSSR count). The molecule has 3 aromatic carbocycles. The van der Waals surface area contributed by atoms with Crippen LogP contribution in [0.25, 0.3) is 0 Å². The minimum absolute atomic E-state index is 0.0885. The molecule has 0 aromatic heterocycles. The molecule has 0 unspecified atom stereocenters. The summed E-state index contributed by atoms with van der Waals surface area (Å²) < 4.78 is 64.8. The molecule has 3 aromatic rings. The highest BCUT2D eigenvalue weighted by atomic mass is 32.2. The van der Waals surface area contributed by atoms with Gasteiger partial charge in [0.05, 0.1) is 17.5 Å². The van der Waals surface area contributed by atoms with Gasteiger partial charge in [-0.2, -0.15) is 13.2 Å². The SMILES string of the molecule is CCCCCCOc1ccc([S+](c2ccccc2)c2ccccc2)cc1.O=S(=O)([O-])C(F)(F)F. The van der Waals surface area contributed by atoms with E-state index in [1.807, 2.05) is 0 Å². The van der Waals surface area contributed by atoms with Crippen LogP contribution < -0.4 is 4.74 Å². The first-order valence-electron chi connectivity index (χ1n) is 10.7. The molecular weight excluding hydrogens is 485 g/mol. The van der Waals surface area contributed by atoms with Gasteiger partial charge in [0.1, 0.15) is 5.75 Å². The van der Waals surface area contributed by atoms with Crippen LogP contribution in [0.4, 0.5) is 13.2 Å². The van der Waals surface area contributed by atoms with Gasteiger partial charge in [0.15, 0.2) is 24.8 Å². The maximum absolute atomic E-state index is 10.7. The molecule has 4 nitrogen and oxygen atoms in total. The third-order valence-electron chi connectivity index (χ3n) is 4.57. The van der Waals surface area contributed by atoms with Crippen molar-refractivity contribution >= 4 is 21.0 Å². The van der Waals surface area contributed by atoms with Crippen LogP contribution in [0.15, 0.2) is 99.6 Å². The lowest BCUT2D eigenvalue weighted by atomic mass is 10.2. The standard InChI is InChI=1S/C24H27OS.CHF3O3S/c1-2-3-4-11-20-25-21-16-18-24(19-17-21)26(22-12-7-5-8-13-22)23-14-9-6-10-15-23;2-1(3,4)8(5,6)7/h5-10,12-19H,2-4,11,20H2,1H3;(H,5,6,7)/q+1;/p-1. The molecule has 0 saturated heterocycles. The molecular formula is C25H27F3O4S2. The van der Waals surface area contributed by atoms with Crippen LogP contribution in [0.1, 0.15) is 32.6 Å². The van der Waals surface area contributed by atoms with Crippen LogP contribution in [0, 0.1) is 0 Å². The second kappa shape index (κ2) is 13.4. The van der Waals surface area contributed by atoms with E-state index in [0.29, 0.717) is 0 Å². The molecule has 0 heterocycles. The number of unbranched alkanes of at least 4 members (excludes halogenated alkanes) is 3. The van der Waals surface area contributed by atoms with Crippen molar-refractivity contribution in [3.63, 3.8) is 0 Å². The zero-order chi connectivity index (χ0) is 25.0. The van der Waals surface area contributed by atoms with Crippen molar-refractivity contribution in [3.8, 4) is 5.75 Å². The van der Waals surface area contributed by atoms with Crippen molar-refractivity contribution in [1.82, 2.24) is 0 Å². The van der Waals surface area contributed by atoms with Gasteiger partial charge in [-0.15, -0.1) is 0 Å². The summed E-state index contributed by atoms with van der Waals surface area (Å²) in [7, 11) is -6.18. The molecule has 0 atom stereocenters. The summed E-state index contributed by atoms with van der Waals surface area (Å²) in [6.07, 6.45) is 4.93. The Morgan fingerprint density at radius 1 is 0.765 bits per heavy atom. The summed E-state index contributed by atoms with van der Waals surface area (Å²) in [5.74, 6) is 0.968. The monoisotopic (exact) mass is 512 g/mol. The van der Waals surface area contributed by atoms with Crippen molar-refractivity contribution in [2.24, 2.45) is 0 Å². The van der Waals surface area contributed by atoms with Gasteiger partial charge < -0.3 is 9.29 Å². The van der Waals surface area contributed by atoms with Gasteiger partial charge in [0.2, 0.25) is 0 Å². The number of hydrogen-bond acceptors (Lipinski definition) is 4. The first kappa shape index (κ1) is 27.8. The van der Waals surface area contributed by atoms with Crippen molar-refractivity contribution in [2.45, 2.75) is 52.8 Å². The molecule has 9 heteroatoms. The Morgan fingerprint density at radius 2 is 1.21 bits per heavy atom. The number of rotatable bonds is 9. The van der Waals surface area contributed by atoms with E-state index in [1.165, 1.54) is 33.9 Å². The zero-order valence-electron chi connectivity index (χ0n) is 18.7. The second-order valence-corrected chi connectivity index (χ2v) is 10.6. The van der Waals surface area contributed by atoms with E-state index in [9.17, 15) is 13.2 Å². The molecule has 0 spiro atoms. The predicted octanol–water partition coefficient (Wildman–Crippen LogP) is 6.79. The van der Waals surface area contributed by atoms with E-state index in [4.69, 9.17) is 17.7 Å². The molecule has 0 amide bonds. The van der Waals surface area contributed by atoms with Crippen molar-refractivity contribution < 1.29 is 30.9 Å². The predicted molar refractivity (Wildman–Crippen MR) is 127 cm³/mol. The van der Waals surface area contributed by atoms with E-state index in [1.54, 1.807) is 0 Å². The van der Waals surface area contributed by atoms with Crippen LogP contribution >= 0.6 is 0 Å². The fraction of sp³-hybridized carbons (Fsp3) is 0.280. The van der Waals surface area contributed by atoms with Gasteiger partial charge in [-0.05, 0) is 55.0 Å². The van der Waals surface area contributed by atoms with Crippen LogP contribution in [0.2, 0.25) is 0 Å². The largest absolute Gasteiger partial charge is 0.741 e. The van der Waals surface area contributed by atoms with Crippen LogP contribution in [0.3, 0.4) is 0 Å². The average molecular weight is 513 g/mol. The molecule has 0 aliphatic carbocycles. The van der Waals surface area contributed by atoms with Crippen molar-refractivity contribution in [2.75, 3.05) is 6.61 Å².